The summed E-state index contributed by atoms with van der Waals surface area (Å²) >= 11 is 1.35. The number of anilines is 1. The molecule has 0 aromatic heterocycles. The molecule has 0 radical (unpaired) electrons. The van der Waals surface area contributed by atoms with Crippen molar-refractivity contribution in [3.8, 4) is 11.5 Å². The van der Waals surface area contributed by atoms with E-state index < -0.39 is 9.84 Å². The van der Waals surface area contributed by atoms with E-state index in [1.165, 1.54) is 11.8 Å². The lowest BCUT2D eigenvalue weighted by molar-refractivity contribution is 0.482. The van der Waals surface area contributed by atoms with Crippen LogP contribution in [0.4, 0.5) is 5.69 Å². The van der Waals surface area contributed by atoms with Crippen LogP contribution in [0.25, 0.3) is 0 Å². The van der Waals surface area contributed by atoms with Gasteiger partial charge in [-0.1, -0.05) is 30.0 Å². The fourth-order valence-corrected chi connectivity index (χ4v) is 6.90. The average Bonchev–Trinajstić information content (AvgIpc) is 2.99. The zero-order chi connectivity index (χ0) is 16.7. The number of ether oxygens (including phenoxy) is 1. The molecule has 2 aliphatic rings. The fraction of sp³-hybridized carbons (Fsp3) is 0.235. The van der Waals surface area contributed by atoms with Gasteiger partial charge in [-0.3, -0.25) is 5.41 Å². The standard InChI is InChI=1S/C17H16N2O3S2/c18-17-19(15-10-24(20,21)11-16(15)23-17)12-6-8-14(9-7-12)22-13-4-2-1-3-5-13/h1-9,15-16,18H,10-11H2/t15-,16-/m0/s1. The first kappa shape index (κ1) is 15.5. The molecule has 4 rings (SSSR count). The van der Waals surface area contributed by atoms with Crippen molar-refractivity contribution in [2.45, 2.75) is 11.3 Å². The number of amidine groups is 1. The molecule has 7 heteroatoms. The molecule has 0 aliphatic carbocycles. The molecule has 2 atom stereocenters. The van der Waals surface area contributed by atoms with E-state index in [-0.39, 0.29) is 22.8 Å². The van der Waals surface area contributed by atoms with Gasteiger partial charge >= 0.3 is 0 Å². The predicted octanol–water partition coefficient (Wildman–Crippen LogP) is 3.13. The highest BCUT2D eigenvalue weighted by Crippen LogP contribution is 2.40. The summed E-state index contributed by atoms with van der Waals surface area (Å²) in [5, 5.41) is 8.54. The number of sulfone groups is 1. The van der Waals surface area contributed by atoms with E-state index in [0.29, 0.717) is 10.9 Å². The van der Waals surface area contributed by atoms with Gasteiger partial charge in [0, 0.05) is 10.9 Å². The van der Waals surface area contributed by atoms with Gasteiger partial charge in [0.2, 0.25) is 0 Å². The van der Waals surface area contributed by atoms with Crippen LogP contribution in [0.5, 0.6) is 11.5 Å². The molecule has 2 aromatic rings. The van der Waals surface area contributed by atoms with E-state index in [9.17, 15) is 8.42 Å². The smallest absolute Gasteiger partial charge is 0.161 e. The molecule has 2 saturated heterocycles. The maximum Gasteiger partial charge on any atom is 0.161 e. The summed E-state index contributed by atoms with van der Waals surface area (Å²) in [5.41, 5.74) is 0.831. The highest BCUT2D eigenvalue weighted by atomic mass is 32.2. The number of hydrogen-bond acceptors (Lipinski definition) is 5. The number of benzene rings is 2. The van der Waals surface area contributed by atoms with Crippen molar-refractivity contribution >= 4 is 32.5 Å². The first-order chi connectivity index (χ1) is 11.5. The summed E-state index contributed by atoms with van der Waals surface area (Å²) in [6.07, 6.45) is 0. The van der Waals surface area contributed by atoms with Crippen LogP contribution >= 0.6 is 11.8 Å². The molecule has 2 fully saturated rings. The van der Waals surface area contributed by atoms with Crippen molar-refractivity contribution in [2.24, 2.45) is 0 Å². The lowest BCUT2D eigenvalue weighted by Crippen LogP contribution is -2.37. The molecular weight excluding hydrogens is 344 g/mol. The van der Waals surface area contributed by atoms with Gasteiger partial charge in [0.15, 0.2) is 15.0 Å². The molecule has 2 heterocycles. The van der Waals surface area contributed by atoms with Crippen LogP contribution in [0.3, 0.4) is 0 Å². The van der Waals surface area contributed by atoms with Gasteiger partial charge in [-0.15, -0.1) is 0 Å². The number of fused-ring (bicyclic) bond motifs is 1. The number of thioether (sulfide) groups is 1. The Morgan fingerprint density at radius 3 is 2.38 bits per heavy atom. The minimum Gasteiger partial charge on any atom is -0.457 e. The van der Waals surface area contributed by atoms with Gasteiger partial charge in [0.1, 0.15) is 11.5 Å². The van der Waals surface area contributed by atoms with Crippen molar-refractivity contribution < 1.29 is 13.2 Å². The van der Waals surface area contributed by atoms with Gasteiger partial charge in [0.05, 0.1) is 17.5 Å². The van der Waals surface area contributed by atoms with Crippen LogP contribution in [0.15, 0.2) is 54.6 Å². The first-order valence-electron chi connectivity index (χ1n) is 7.60. The SMILES string of the molecule is N=C1S[C@H]2CS(=O)(=O)C[C@@H]2N1c1ccc(Oc2ccccc2)cc1. The molecule has 0 spiro atoms. The van der Waals surface area contributed by atoms with Crippen LogP contribution in [0.2, 0.25) is 0 Å². The molecule has 2 aromatic carbocycles. The Kier molecular flexibility index (Phi) is 3.77. The molecule has 5 nitrogen and oxygen atoms in total. The number of para-hydroxylation sites is 1. The van der Waals surface area contributed by atoms with E-state index in [0.717, 1.165) is 11.4 Å². The average molecular weight is 360 g/mol. The lowest BCUT2D eigenvalue weighted by Gasteiger charge is -2.24. The second-order valence-corrected chi connectivity index (χ2v) is 9.27. The molecule has 0 unspecified atom stereocenters. The van der Waals surface area contributed by atoms with Gasteiger partial charge < -0.3 is 9.64 Å². The minimum absolute atomic E-state index is 0.0391. The van der Waals surface area contributed by atoms with E-state index in [2.05, 4.69) is 0 Å². The molecule has 1 N–H and O–H groups in total. The first-order valence-corrected chi connectivity index (χ1v) is 10.3. The van der Waals surface area contributed by atoms with Crippen molar-refractivity contribution in [3.63, 3.8) is 0 Å². The normalized spacial score (nSPS) is 24.8. The summed E-state index contributed by atoms with van der Waals surface area (Å²) in [5.74, 6) is 1.75. The third-order valence-corrected chi connectivity index (χ3v) is 7.31. The van der Waals surface area contributed by atoms with Crippen LogP contribution in [0.1, 0.15) is 0 Å². The van der Waals surface area contributed by atoms with Gasteiger partial charge in [-0.05, 0) is 36.4 Å². The monoisotopic (exact) mass is 360 g/mol. The maximum atomic E-state index is 11.9. The Morgan fingerprint density at radius 2 is 1.67 bits per heavy atom. The van der Waals surface area contributed by atoms with E-state index in [1.54, 1.807) is 0 Å². The minimum atomic E-state index is -3.00. The Hall–Kier alpha value is -1.99. The van der Waals surface area contributed by atoms with Crippen molar-refractivity contribution in [2.75, 3.05) is 16.4 Å². The number of hydrogen-bond donors (Lipinski definition) is 1. The molecule has 0 saturated carbocycles. The highest BCUT2D eigenvalue weighted by Gasteiger charge is 2.48. The zero-order valence-electron chi connectivity index (χ0n) is 12.8. The lowest BCUT2D eigenvalue weighted by atomic mass is 10.2. The summed E-state index contributed by atoms with van der Waals surface area (Å²) < 4.78 is 29.5. The second kappa shape index (κ2) is 5.82. The molecule has 24 heavy (non-hydrogen) atoms. The van der Waals surface area contributed by atoms with Crippen molar-refractivity contribution in [1.29, 1.82) is 5.41 Å². The molecule has 0 amide bonds. The van der Waals surface area contributed by atoms with Crippen LogP contribution < -0.4 is 9.64 Å². The summed E-state index contributed by atoms with van der Waals surface area (Å²) in [6, 6.07) is 16.8. The van der Waals surface area contributed by atoms with Gasteiger partial charge in [0.25, 0.3) is 0 Å². The molecular formula is C17H16N2O3S2. The second-order valence-electron chi connectivity index (χ2n) is 5.88. The van der Waals surface area contributed by atoms with E-state index >= 15 is 0 Å². The Balaban J connectivity index is 1.55. The topological polar surface area (TPSA) is 70.5 Å². The van der Waals surface area contributed by atoms with Crippen molar-refractivity contribution in [3.05, 3.63) is 54.6 Å². The highest BCUT2D eigenvalue weighted by molar-refractivity contribution is 8.15. The Morgan fingerprint density at radius 1 is 1.00 bits per heavy atom. The summed E-state index contributed by atoms with van der Waals surface area (Å²) in [6.45, 7) is 0. The molecule has 2 aliphatic heterocycles. The van der Waals surface area contributed by atoms with Gasteiger partial charge in [-0.25, -0.2) is 8.42 Å². The third kappa shape index (κ3) is 2.89. The zero-order valence-corrected chi connectivity index (χ0v) is 14.4. The fourth-order valence-electron chi connectivity index (χ4n) is 3.11. The summed E-state index contributed by atoms with van der Waals surface area (Å²) in [4.78, 5) is 1.83. The largest absolute Gasteiger partial charge is 0.457 e. The molecule has 0 bridgehead atoms. The van der Waals surface area contributed by atoms with E-state index in [4.69, 9.17) is 10.1 Å². The number of nitrogens with zero attached hydrogens (tertiary/aromatic N) is 1. The quantitative estimate of drug-likeness (QED) is 0.911. The number of rotatable bonds is 3. The number of nitrogens with one attached hydrogen (secondary N) is 1. The van der Waals surface area contributed by atoms with Crippen molar-refractivity contribution in [1.82, 2.24) is 0 Å². The third-order valence-electron chi connectivity index (χ3n) is 4.18. The predicted molar refractivity (Wildman–Crippen MR) is 97.0 cm³/mol. The molecule has 124 valence electrons. The Labute approximate surface area is 145 Å². The summed E-state index contributed by atoms with van der Waals surface area (Å²) in [7, 11) is -3.00. The Bertz CT molecular complexity index is 866. The van der Waals surface area contributed by atoms with Crippen LogP contribution in [-0.4, -0.2) is 36.4 Å². The van der Waals surface area contributed by atoms with E-state index in [1.807, 2.05) is 59.5 Å². The maximum absolute atomic E-state index is 11.9. The van der Waals surface area contributed by atoms with Gasteiger partial charge in [-0.2, -0.15) is 0 Å². The van der Waals surface area contributed by atoms with Crippen LogP contribution in [0, 0.1) is 5.41 Å². The van der Waals surface area contributed by atoms with Crippen LogP contribution in [-0.2, 0) is 9.84 Å².